The summed E-state index contributed by atoms with van der Waals surface area (Å²) in [5.41, 5.74) is 0.0753. The van der Waals surface area contributed by atoms with E-state index in [-0.39, 0.29) is 11.8 Å². The molecule has 124 valence electrons. The van der Waals surface area contributed by atoms with Gasteiger partial charge in [0.05, 0.1) is 17.3 Å². The first-order chi connectivity index (χ1) is 10.7. The van der Waals surface area contributed by atoms with Gasteiger partial charge < -0.3 is 10.1 Å². The fourth-order valence-electron chi connectivity index (χ4n) is 2.39. The minimum absolute atomic E-state index is 0.285. The molecule has 2 rings (SSSR count). The largest absolute Gasteiger partial charge is 0.452 e. The summed E-state index contributed by atoms with van der Waals surface area (Å²) in [6.45, 7) is 8.24. The normalized spacial score (nSPS) is 17.3. The Morgan fingerprint density at radius 3 is 2.39 bits per heavy atom. The van der Waals surface area contributed by atoms with Crippen LogP contribution in [0.25, 0.3) is 0 Å². The summed E-state index contributed by atoms with van der Waals surface area (Å²) in [5, 5.41) is 2.79. The Hall–Kier alpha value is -2.37. The van der Waals surface area contributed by atoms with E-state index in [9.17, 15) is 14.4 Å². The molecule has 0 radical (unpaired) electrons. The number of nitrogens with zero attached hydrogens (tertiary/aromatic N) is 1. The Morgan fingerprint density at radius 1 is 1.17 bits per heavy atom. The summed E-state index contributed by atoms with van der Waals surface area (Å²) in [4.78, 5) is 38.3. The van der Waals surface area contributed by atoms with Crippen LogP contribution in [0.4, 0.5) is 11.4 Å². The highest BCUT2D eigenvalue weighted by Crippen LogP contribution is 2.37. The van der Waals surface area contributed by atoms with Crippen molar-refractivity contribution in [3.8, 4) is 0 Å². The highest BCUT2D eigenvalue weighted by molar-refractivity contribution is 6.15. The van der Waals surface area contributed by atoms with Gasteiger partial charge in [0.25, 0.3) is 5.91 Å². The van der Waals surface area contributed by atoms with Crippen LogP contribution < -0.4 is 10.2 Å². The summed E-state index contributed by atoms with van der Waals surface area (Å²) in [6, 6.07) is 7.05. The molecule has 1 aliphatic rings. The Labute approximate surface area is 135 Å². The fraction of sp³-hybridized carbons (Fsp3) is 0.471. The summed E-state index contributed by atoms with van der Waals surface area (Å²) < 4.78 is 5.21. The van der Waals surface area contributed by atoms with Crippen molar-refractivity contribution in [2.24, 2.45) is 5.92 Å². The lowest BCUT2D eigenvalue weighted by atomic mass is 9.95. The fourth-order valence-corrected chi connectivity index (χ4v) is 2.39. The highest BCUT2D eigenvalue weighted by Gasteiger charge is 2.45. The average molecular weight is 318 g/mol. The number of rotatable bonds is 3. The molecule has 1 aliphatic heterocycles. The van der Waals surface area contributed by atoms with Crippen molar-refractivity contribution >= 4 is 29.2 Å². The predicted molar refractivity (Wildman–Crippen MR) is 87.0 cm³/mol. The third-order valence-electron chi connectivity index (χ3n) is 3.84. The lowest BCUT2D eigenvalue weighted by molar-refractivity contribution is -0.157. The SMILES string of the molecule is CC(C)C(=O)O[C@@H](C)C(=O)N1c2ccccc2NC(=O)C1(C)C. The topological polar surface area (TPSA) is 75.7 Å². The molecule has 1 aromatic rings. The first kappa shape index (κ1) is 17.0. The smallest absolute Gasteiger partial charge is 0.309 e. The zero-order valence-corrected chi connectivity index (χ0v) is 14.0. The number of carbonyl (C=O) groups excluding carboxylic acids is 3. The maximum absolute atomic E-state index is 12.8. The lowest BCUT2D eigenvalue weighted by Crippen LogP contribution is -2.60. The Kier molecular flexibility index (Phi) is 4.45. The van der Waals surface area contributed by atoms with Crippen molar-refractivity contribution in [1.82, 2.24) is 0 Å². The number of amides is 2. The molecule has 23 heavy (non-hydrogen) atoms. The van der Waals surface area contributed by atoms with Crippen LogP contribution in [-0.4, -0.2) is 29.4 Å². The average Bonchev–Trinajstić information content (AvgIpc) is 2.47. The number of anilines is 2. The second-order valence-corrected chi connectivity index (χ2v) is 6.44. The Balaban J connectivity index is 2.37. The number of esters is 1. The van der Waals surface area contributed by atoms with Crippen molar-refractivity contribution < 1.29 is 19.1 Å². The van der Waals surface area contributed by atoms with Gasteiger partial charge >= 0.3 is 5.97 Å². The number of fused-ring (bicyclic) bond motifs is 1. The summed E-state index contributed by atoms with van der Waals surface area (Å²) >= 11 is 0. The molecule has 1 heterocycles. The molecule has 6 heteroatoms. The van der Waals surface area contributed by atoms with E-state index in [2.05, 4.69) is 5.32 Å². The van der Waals surface area contributed by atoms with Gasteiger partial charge in [-0.05, 0) is 32.9 Å². The Morgan fingerprint density at radius 2 is 1.78 bits per heavy atom. The molecule has 2 amide bonds. The van der Waals surface area contributed by atoms with Crippen molar-refractivity contribution in [3.05, 3.63) is 24.3 Å². The van der Waals surface area contributed by atoms with Gasteiger partial charge in [0.2, 0.25) is 5.91 Å². The lowest BCUT2D eigenvalue weighted by Gasteiger charge is -2.42. The summed E-state index contributed by atoms with van der Waals surface area (Å²) in [7, 11) is 0. The van der Waals surface area contributed by atoms with Gasteiger partial charge in [0, 0.05) is 0 Å². The zero-order chi connectivity index (χ0) is 17.4. The maximum Gasteiger partial charge on any atom is 0.309 e. The van der Waals surface area contributed by atoms with Crippen molar-refractivity contribution in [1.29, 1.82) is 0 Å². The number of para-hydroxylation sites is 2. The van der Waals surface area contributed by atoms with Crippen LogP contribution in [0.1, 0.15) is 34.6 Å². The predicted octanol–water partition coefficient (Wildman–Crippen LogP) is 2.34. The molecule has 1 N–H and O–H groups in total. The number of hydrogen-bond acceptors (Lipinski definition) is 4. The molecular formula is C17H22N2O4. The number of nitrogens with one attached hydrogen (secondary N) is 1. The molecule has 0 aliphatic carbocycles. The van der Waals surface area contributed by atoms with E-state index >= 15 is 0 Å². The second kappa shape index (κ2) is 6.02. The quantitative estimate of drug-likeness (QED) is 0.868. The highest BCUT2D eigenvalue weighted by atomic mass is 16.5. The van der Waals surface area contributed by atoms with Crippen LogP contribution in [0.5, 0.6) is 0 Å². The summed E-state index contributed by atoms with van der Waals surface area (Å²) in [5.74, 6) is -1.48. The van der Waals surface area contributed by atoms with Crippen molar-refractivity contribution in [2.45, 2.75) is 46.3 Å². The Bertz CT molecular complexity index is 652. The zero-order valence-electron chi connectivity index (χ0n) is 14.0. The van der Waals surface area contributed by atoms with Gasteiger partial charge in [-0.3, -0.25) is 19.3 Å². The van der Waals surface area contributed by atoms with E-state index in [1.807, 2.05) is 0 Å². The van der Waals surface area contributed by atoms with E-state index in [4.69, 9.17) is 4.74 Å². The van der Waals surface area contributed by atoms with Crippen molar-refractivity contribution in [2.75, 3.05) is 10.2 Å². The van der Waals surface area contributed by atoms with Crippen LogP contribution in [0, 0.1) is 5.92 Å². The van der Waals surface area contributed by atoms with E-state index in [1.165, 1.54) is 11.8 Å². The molecule has 0 spiro atoms. The van der Waals surface area contributed by atoms with Gasteiger partial charge in [0.15, 0.2) is 6.10 Å². The number of hydrogen-bond donors (Lipinski definition) is 1. The minimum atomic E-state index is -1.08. The van der Waals surface area contributed by atoms with Crippen LogP contribution in [-0.2, 0) is 19.1 Å². The number of benzene rings is 1. The monoisotopic (exact) mass is 318 g/mol. The third-order valence-corrected chi connectivity index (χ3v) is 3.84. The van der Waals surface area contributed by atoms with Gasteiger partial charge in [-0.25, -0.2) is 0 Å². The molecular weight excluding hydrogens is 296 g/mol. The van der Waals surface area contributed by atoms with Gasteiger partial charge in [-0.2, -0.15) is 0 Å². The number of carbonyl (C=O) groups is 3. The molecule has 0 unspecified atom stereocenters. The van der Waals surface area contributed by atoms with E-state index in [0.717, 1.165) is 0 Å². The second-order valence-electron chi connectivity index (χ2n) is 6.44. The van der Waals surface area contributed by atoms with Gasteiger partial charge in [-0.1, -0.05) is 26.0 Å². The number of ether oxygens (including phenoxy) is 1. The third kappa shape index (κ3) is 3.06. The first-order valence-electron chi connectivity index (χ1n) is 7.61. The standard InChI is InChI=1S/C17H22N2O4/c1-10(2)15(21)23-11(3)14(20)19-13-9-7-6-8-12(13)18-16(22)17(19,4)5/h6-11H,1-5H3,(H,18,22)/t11-/m0/s1. The molecule has 1 aromatic carbocycles. The molecule has 0 bridgehead atoms. The maximum atomic E-state index is 12.8. The molecule has 0 aromatic heterocycles. The van der Waals surface area contributed by atoms with Crippen LogP contribution in [0.2, 0.25) is 0 Å². The molecule has 1 atom stereocenters. The van der Waals surface area contributed by atoms with E-state index < -0.39 is 23.5 Å². The van der Waals surface area contributed by atoms with E-state index in [0.29, 0.717) is 11.4 Å². The molecule has 0 fully saturated rings. The van der Waals surface area contributed by atoms with Gasteiger partial charge in [0.1, 0.15) is 5.54 Å². The molecule has 6 nitrogen and oxygen atoms in total. The van der Waals surface area contributed by atoms with Crippen LogP contribution in [0.15, 0.2) is 24.3 Å². The first-order valence-corrected chi connectivity index (χ1v) is 7.61. The summed E-state index contributed by atoms with van der Waals surface area (Å²) in [6.07, 6.45) is -0.969. The minimum Gasteiger partial charge on any atom is -0.452 e. The van der Waals surface area contributed by atoms with E-state index in [1.54, 1.807) is 52.0 Å². The molecule has 0 saturated heterocycles. The van der Waals surface area contributed by atoms with Gasteiger partial charge in [-0.15, -0.1) is 0 Å². The molecule has 0 saturated carbocycles. The van der Waals surface area contributed by atoms with Crippen LogP contribution >= 0.6 is 0 Å². The van der Waals surface area contributed by atoms with Crippen molar-refractivity contribution in [3.63, 3.8) is 0 Å². The van der Waals surface area contributed by atoms with Crippen LogP contribution in [0.3, 0.4) is 0 Å².